The van der Waals surface area contributed by atoms with Crippen molar-refractivity contribution in [2.75, 3.05) is 18.0 Å². The molecule has 0 bridgehead atoms. The summed E-state index contributed by atoms with van der Waals surface area (Å²) in [6, 6.07) is 1.13. The fourth-order valence-corrected chi connectivity index (χ4v) is 2.62. The SMILES string of the molecule is CC(C)(C)OC(=O)N[C@@H]1CN(c2ccncc2N=C=S)CC[C@H]1F. The Kier molecular flexibility index (Phi) is 5.85. The van der Waals surface area contributed by atoms with Crippen molar-refractivity contribution in [2.24, 2.45) is 4.99 Å². The summed E-state index contributed by atoms with van der Waals surface area (Å²) < 4.78 is 19.4. The number of anilines is 1. The molecule has 0 saturated carbocycles. The zero-order valence-corrected chi connectivity index (χ0v) is 14.8. The van der Waals surface area contributed by atoms with Crippen LogP contribution in [0.15, 0.2) is 23.5 Å². The van der Waals surface area contributed by atoms with Gasteiger partial charge in [-0.3, -0.25) is 4.98 Å². The summed E-state index contributed by atoms with van der Waals surface area (Å²) >= 11 is 4.65. The number of ether oxygens (including phenoxy) is 1. The van der Waals surface area contributed by atoms with E-state index < -0.39 is 23.9 Å². The smallest absolute Gasteiger partial charge is 0.408 e. The number of hydrogen-bond donors (Lipinski definition) is 1. The molecule has 130 valence electrons. The lowest BCUT2D eigenvalue weighted by atomic mass is 10.0. The summed E-state index contributed by atoms with van der Waals surface area (Å²) in [4.78, 5) is 21.9. The van der Waals surface area contributed by atoms with Crippen LogP contribution in [0.4, 0.5) is 20.6 Å². The van der Waals surface area contributed by atoms with Crippen LogP contribution in [0.1, 0.15) is 27.2 Å². The minimum absolute atomic E-state index is 0.295. The number of nitrogens with one attached hydrogen (secondary N) is 1. The molecule has 2 heterocycles. The standard InChI is InChI=1S/C16H21FN4O2S/c1-16(2,3)23-15(22)20-13-9-21(7-5-11(13)17)14-4-6-18-8-12(14)19-10-24/h4,6,8,11,13H,5,7,9H2,1-3H3,(H,20,22)/t11-,13-/m1/s1. The first kappa shape index (κ1) is 18.3. The molecule has 0 spiro atoms. The van der Waals surface area contributed by atoms with Crippen LogP contribution < -0.4 is 10.2 Å². The molecule has 1 aliphatic heterocycles. The monoisotopic (exact) mass is 352 g/mol. The Morgan fingerprint density at radius 3 is 3.00 bits per heavy atom. The molecule has 2 rings (SSSR count). The molecular weight excluding hydrogens is 331 g/mol. The molecule has 1 aromatic heterocycles. The van der Waals surface area contributed by atoms with Gasteiger partial charge in [0.05, 0.1) is 23.1 Å². The van der Waals surface area contributed by atoms with Crippen LogP contribution in [0.25, 0.3) is 0 Å². The molecule has 1 aromatic rings. The predicted octanol–water partition coefficient (Wildman–Crippen LogP) is 3.26. The van der Waals surface area contributed by atoms with Gasteiger partial charge in [0.25, 0.3) is 0 Å². The van der Waals surface area contributed by atoms with E-state index in [-0.39, 0.29) is 0 Å². The number of isothiocyanates is 1. The number of piperidine rings is 1. The number of carbonyl (C=O) groups is 1. The molecule has 0 aliphatic carbocycles. The van der Waals surface area contributed by atoms with Gasteiger partial charge in [0.2, 0.25) is 0 Å². The van der Waals surface area contributed by atoms with E-state index in [4.69, 9.17) is 4.74 Å². The van der Waals surface area contributed by atoms with E-state index in [9.17, 15) is 9.18 Å². The Balaban J connectivity index is 2.11. The van der Waals surface area contributed by atoms with E-state index >= 15 is 0 Å². The van der Waals surface area contributed by atoms with Crippen molar-refractivity contribution in [3.05, 3.63) is 18.5 Å². The molecule has 1 amide bonds. The molecule has 0 aromatic carbocycles. The molecule has 1 fully saturated rings. The van der Waals surface area contributed by atoms with Crippen LogP contribution in [0, 0.1) is 0 Å². The van der Waals surface area contributed by atoms with Crippen LogP contribution in [0.2, 0.25) is 0 Å². The Morgan fingerprint density at radius 2 is 2.33 bits per heavy atom. The molecule has 1 saturated heterocycles. The van der Waals surface area contributed by atoms with Crippen molar-refractivity contribution in [3.63, 3.8) is 0 Å². The minimum atomic E-state index is -1.13. The molecule has 6 nitrogen and oxygen atoms in total. The number of amides is 1. The highest BCUT2D eigenvalue weighted by Gasteiger charge is 2.32. The minimum Gasteiger partial charge on any atom is -0.444 e. The molecule has 8 heteroatoms. The lowest BCUT2D eigenvalue weighted by Gasteiger charge is -2.37. The number of nitrogens with zero attached hydrogens (tertiary/aromatic N) is 3. The number of aromatic nitrogens is 1. The molecule has 1 N–H and O–H groups in total. The van der Waals surface area contributed by atoms with Gasteiger partial charge in [0, 0.05) is 19.3 Å². The summed E-state index contributed by atoms with van der Waals surface area (Å²) in [5.74, 6) is 0. The van der Waals surface area contributed by atoms with E-state index in [0.717, 1.165) is 5.69 Å². The normalized spacial score (nSPS) is 20.9. The Morgan fingerprint density at radius 1 is 1.58 bits per heavy atom. The van der Waals surface area contributed by atoms with Crippen molar-refractivity contribution in [2.45, 2.75) is 45.0 Å². The average Bonchev–Trinajstić information content (AvgIpc) is 2.49. The van der Waals surface area contributed by atoms with E-state index in [1.165, 1.54) is 0 Å². The van der Waals surface area contributed by atoms with Crippen LogP contribution in [-0.2, 0) is 4.74 Å². The molecule has 24 heavy (non-hydrogen) atoms. The van der Waals surface area contributed by atoms with Gasteiger partial charge in [-0.1, -0.05) is 0 Å². The van der Waals surface area contributed by atoms with Crippen LogP contribution in [-0.4, -0.2) is 47.1 Å². The van der Waals surface area contributed by atoms with Crippen molar-refractivity contribution >= 4 is 34.8 Å². The molecule has 1 aliphatic rings. The quantitative estimate of drug-likeness (QED) is 0.668. The predicted molar refractivity (Wildman–Crippen MR) is 93.8 cm³/mol. The number of hydrogen-bond acceptors (Lipinski definition) is 6. The highest BCUT2D eigenvalue weighted by Crippen LogP contribution is 2.30. The lowest BCUT2D eigenvalue weighted by molar-refractivity contribution is 0.0466. The van der Waals surface area contributed by atoms with E-state index in [2.05, 4.69) is 32.7 Å². The largest absolute Gasteiger partial charge is 0.444 e. The average molecular weight is 352 g/mol. The van der Waals surface area contributed by atoms with Gasteiger partial charge in [-0.15, -0.1) is 0 Å². The fraction of sp³-hybridized carbons (Fsp3) is 0.562. The van der Waals surface area contributed by atoms with Crippen LogP contribution in [0.3, 0.4) is 0 Å². The van der Waals surface area contributed by atoms with Gasteiger partial charge >= 0.3 is 6.09 Å². The number of alkyl halides is 1. The summed E-state index contributed by atoms with van der Waals surface area (Å²) in [5.41, 5.74) is 0.724. The fourth-order valence-electron chi connectivity index (χ4n) is 2.52. The summed E-state index contributed by atoms with van der Waals surface area (Å²) in [5, 5.41) is 4.94. The maximum atomic E-state index is 14.2. The molecule has 0 unspecified atom stereocenters. The second-order valence-corrected chi connectivity index (χ2v) is 6.75. The third-order valence-corrected chi connectivity index (χ3v) is 3.61. The maximum absolute atomic E-state index is 14.2. The summed E-state index contributed by atoms with van der Waals surface area (Å²) in [6.45, 7) is 6.11. The van der Waals surface area contributed by atoms with Crippen LogP contribution >= 0.6 is 12.2 Å². The number of rotatable bonds is 3. The Bertz CT molecular complexity index is 643. The van der Waals surface area contributed by atoms with Crippen molar-refractivity contribution < 1.29 is 13.9 Å². The van der Waals surface area contributed by atoms with Crippen molar-refractivity contribution in [1.29, 1.82) is 0 Å². The van der Waals surface area contributed by atoms with Gasteiger partial charge < -0.3 is 15.0 Å². The van der Waals surface area contributed by atoms with Crippen molar-refractivity contribution in [1.82, 2.24) is 10.3 Å². The van der Waals surface area contributed by atoms with Crippen molar-refractivity contribution in [3.8, 4) is 0 Å². The Labute approximate surface area is 146 Å². The van der Waals surface area contributed by atoms with Crippen LogP contribution in [0.5, 0.6) is 0 Å². The van der Waals surface area contributed by atoms with E-state index in [1.54, 1.807) is 39.2 Å². The second-order valence-electron chi connectivity index (χ2n) is 6.57. The maximum Gasteiger partial charge on any atom is 0.408 e. The first-order valence-electron chi connectivity index (χ1n) is 7.70. The highest BCUT2D eigenvalue weighted by molar-refractivity contribution is 7.78. The molecule has 2 atom stereocenters. The first-order chi connectivity index (χ1) is 11.3. The second kappa shape index (κ2) is 7.68. The number of pyridine rings is 1. The number of alkyl carbamates (subject to hydrolysis) is 1. The number of aliphatic imine (C=N–C) groups is 1. The zero-order chi connectivity index (χ0) is 17.7. The lowest BCUT2D eigenvalue weighted by Crippen LogP contribution is -2.54. The number of halogens is 1. The summed E-state index contributed by atoms with van der Waals surface area (Å²) in [6.07, 6.45) is 1.75. The Hall–Kier alpha value is -2.05. The number of thiocarbonyl (C=S) groups is 1. The van der Waals surface area contributed by atoms with Gasteiger partial charge in [-0.2, -0.15) is 4.99 Å². The van der Waals surface area contributed by atoms with E-state index in [0.29, 0.717) is 25.2 Å². The highest BCUT2D eigenvalue weighted by atomic mass is 32.1. The zero-order valence-electron chi connectivity index (χ0n) is 14.0. The number of carbonyl (C=O) groups excluding carboxylic acids is 1. The third kappa shape index (κ3) is 4.97. The molecule has 0 radical (unpaired) electrons. The van der Waals surface area contributed by atoms with Gasteiger partial charge in [-0.05, 0) is 45.5 Å². The third-order valence-electron chi connectivity index (χ3n) is 3.52. The topological polar surface area (TPSA) is 66.8 Å². The van der Waals surface area contributed by atoms with Gasteiger partial charge in [0.15, 0.2) is 0 Å². The van der Waals surface area contributed by atoms with Gasteiger partial charge in [-0.25, -0.2) is 9.18 Å². The van der Waals surface area contributed by atoms with Gasteiger partial charge in [0.1, 0.15) is 17.5 Å². The summed E-state index contributed by atoms with van der Waals surface area (Å²) in [7, 11) is 0. The molecular formula is C16H21FN4O2S. The first-order valence-corrected chi connectivity index (χ1v) is 8.11. The van der Waals surface area contributed by atoms with E-state index in [1.807, 2.05) is 4.90 Å².